The van der Waals surface area contributed by atoms with E-state index >= 15 is 0 Å². The fraction of sp³-hybridized carbons (Fsp3) is 0.364. The van der Waals surface area contributed by atoms with Gasteiger partial charge < -0.3 is 14.7 Å². The van der Waals surface area contributed by atoms with Crippen molar-refractivity contribution in [1.82, 2.24) is 0 Å². The van der Waals surface area contributed by atoms with Crippen LogP contribution in [0.5, 0.6) is 11.5 Å². The van der Waals surface area contributed by atoms with Gasteiger partial charge in [0.05, 0.1) is 13.0 Å². The third-order valence-corrected chi connectivity index (χ3v) is 2.40. The molecule has 0 radical (unpaired) electrons. The summed E-state index contributed by atoms with van der Waals surface area (Å²) in [6, 6.07) is 4.57. The van der Waals surface area contributed by atoms with Crippen molar-refractivity contribution in [3.05, 3.63) is 23.8 Å². The van der Waals surface area contributed by atoms with Crippen LogP contribution in [0.4, 0.5) is 13.2 Å². The van der Waals surface area contributed by atoms with Gasteiger partial charge in [-0.25, -0.2) is 0 Å². The maximum absolute atomic E-state index is 11.9. The average molecular weight is 261 g/mol. The minimum Gasteiger partial charge on any atom is -0.493 e. The summed E-state index contributed by atoms with van der Waals surface area (Å²) >= 11 is 0. The van der Waals surface area contributed by atoms with Crippen LogP contribution in [0.25, 0.3) is 0 Å². The van der Waals surface area contributed by atoms with Crippen molar-refractivity contribution < 1.29 is 27.9 Å². The van der Waals surface area contributed by atoms with Gasteiger partial charge in [-0.2, -0.15) is 13.2 Å². The quantitative estimate of drug-likeness (QED) is 0.672. The molecule has 0 aliphatic carbocycles. The van der Waals surface area contributed by atoms with Crippen LogP contribution >= 0.6 is 0 Å². The van der Waals surface area contributed by atoms with Crippen molar-refractivity contribution in [1.29, 1.82) is 0 Å². The van der Waals surface area contributed by atoms with Crippen LogP contribution in [0, 0.1) is 0 Å². The highest BCUT2D eigenvalue weighted by molar-refractivity contribution is 6.05. The fourth-order valence-electron chi connectivity index (χ4n) is 1.54. The van der Waals surface area contributed by atoms with Gasteiger partial charge in [0.2, 0.25) is 0 Å². The number of benzene rings is 1. The van der Waals surface area contributed by atoms with Crippen LogP contribution in [0.2, 0.25) is 0 Å². The van der Waals surface area contributed by atoms with Crippen molar-refractivity contribution in [2.75, 3.05) is 13.2 Å². The summed E-state index contributed by atoms with van der Waals surface area (Å²) in [5.41, 5.74) is 0.993. The number of hydrogen-bond acceptors (Lipinski definition) is 4. The zero-order valence-corrected chi connectivity index (χ0v) is 9.20. The fourth-order valence-corrected chi connectivity index (χ4v) is 1.54. The maximum Gasteiger partial charge on any atom is 0.392 e. The summed E-state index contributed by atoms with van der Waals surface area (Å²) in [5, 5.41) is 11.7. The van der Waals surface area contributed by atoms with Crippen LogP contribution < -0.4 is 9.47 Å². The molecule has 0 aromatic heterocycles. The molecule has 2 rings (SSSR count). The molecule has 1 aromatic carbocycles. The van der Waals surface area contributed by atoms with E-state index in [9.17, 15) is 13.2 Å². The Morgan fingerprint density at radius 3 is 2.83 bits per heavy atom. The molecule has 98 valence electrons. The molecule has 4 nitrogen and oxygen atoms in total. The van der Waals surface area contributed by atoms with Gasteiger partial charge in [0, 0.05) is 11.6 Å². The first-order valence-electron chi connectivity index (χ1n) is 5.17. The van der Waals surface area contributed by atoms with Gasteiger partial charge in [0.1, 0.15) is 23.8 Å². The molecule has 0 fully saturated rings. The molecule has 1 aromatic rings. The predicted octanol–water partition coefficient (Wildman–Crippen LogP) is 2.59. The van der Waals surface area contributed by atoms with Crippen LogP contribution in [0.3, 0.4) is 0 Å². The van der Waals surface area contributed by atoms with Gasteiger partial charge in [-0.1, -0.05) is 5.16 Å². The van der Waals surface area contributed by atoms with Gasteiger partial charge in [-0.15, -0.1) is 0 Å². The number of ether oxygens (including phenoxy) is 2. The second-order valence-electron chi connectivity index (χ2n) is 3.71. The van der Waals surface area contributed by atoms with Crippen LogP contribution in [0.15, 0.2) is 23.4 Å². The van der Waals surface area contributed by atoms with E-state index in [1.54, 1.807) is 6.07 Å². The minimum absolute atomic E-state index is 0.137. The SMILES string of the molecule is ON=C1COc2cc(OCCC(F)(F)F)ccc21. The summed E-state index contributed by atoms with van der Waals surface area (Å²) in [6.45, 7) is -0.304. The number of oxime groups is 1. The van der Waals surface area contributed by atoms with Gasteiger partial charge >= 0.3 is 6.18 Å². The Kier molecular flexibility index (Phi) is 3.31. The Hall–Kier alpha value is -1.92. The van der Waals surface area contributed by atoms with E-state index in [4.69, 9.17) is 14.7 Å². The summed E-state index contributed by atoms with van der Waals surface area (Å²) in [6.07, 6.45) is -5.24. The van der Waals surface area contributed by atoms with E-state index in [-0.39, 0.29) is 12.4 Å². The molecule has 0 bridgehead atoms. The molecular formula is C11H10F3NO3. The van der Waals surface area contributed by atoms with E-state index < -0.39 is 19.2 Å². The predicted molar refractivity (Wildman–Crippen MR) is 56.4 cm³/mol. The van der Waals surface area contributed by atoms with Gasteiger partial charge in [-0.3, -0.25) is 0 Å². The van der Waals surface area contributed by atoms with Gasteiger partial charge in [0.15, 0.2) is 0 Å². The van der Waals surface area contributed by atoms with E-state index in [1.807, 2.05) is 0 Å². The van der Waals surface area contributed by atoms with Gasteiger partial charge in [-0.05, 0) is 12.1 Å². The lowest BCUT2D eigenvalue weighted by atomic mass is 10.1. The Labute approximate surface area is 101 Å². The zero-order valence-electron chi connectivity index (χ0n) is 9.20. The van der Waals surface area contributed by atoms with Crippen molar-refractivity contribution in [3.8, 4) is 11.5 Å². The van der Waals surface area contributed by atoms with Crippen molar-refractivity contribution in [2.45, 2.75) is 12.6 Å². The summed E-state index contributed by atoms with van der Waals surface area (Å²) in [4.78, 5) is 0. The monoisotopic (exact) mass is 261 g/mol. The lowest BCUT2D eigenvalue weighted by Gasteiger charge is -2.09. The van der Waals surface area contributed by atoms with E-state index in [1.165, 1.54) is 12.1 Å². The molecular weight excluding hydrogens is 251 g/mol. The molecule has 0 amide bonds. The number of nitrogens with zero attached hydrogens (tertiary/aromatic N) is 1. The first kappa shape index (κ1) is 12.5. The first-order valence-corrected chi connectivity index (χ1v) is 5.17. The maximum atomic E-state index is 11.9. The van der Waals surface area contributed by atoms with Crippen molar-refractivity contribution in [2.24, 2.45) is 5.16 Å². The van der Waals surface area contributed by atoms with Crippen LogP contribution in [0.1, 0.15) is 12.0 Å². The Morgan fingerprint density at radius 2 is 2.17 bits per heavy atom. The highest BCUT2D eigenvalue weighted by Crippen LogP contribution is 2.30. The van der Waals surface area contributed by atoms with E-state index in [0.717, 1.165) is 0 Å². The van der Waals surface area contributed by atoms with Crippen LogP contribution in [-0.2, 0) is 0 Å². The molecule has 0 saturated carbocycles. The molecule has 18 heavy (non-hydrogen) atoms. The molecule has 1 heterocycles. The summed E-state index contributed by atoms with van der Waals surface area (Å²) in [7, 11) is 0. The molecule has 0 spiro atoms. The molecule has 7 heteroatoms. The molecule has 0 saturated heterocycles. The minimum atomic E-state index is -4.23. The molecule has 1 aliphatic rings. The normalized spacial score (nSPS) is 16.5. The average Bonchev–Trinajstić information content (AvgIpc) is 2.69. The highest BCUT2D eigenvalue weighted by atomic mass is 19.4. The summed E-state index contributed by atoms with van der Waals surface area (Å²) in [5.74, 6) is 0.726. The number of hydrogen-bond donors (Lipinski definition) is 1. The third kappa shape index (κ3) is 2.85. The first-order chi connectivity index (χ1) is 8.49. The largest absolute Gasteiger partial charge is 0.493 e. The van der Waals surface area contributed by atoms with Crippen molar-refractivity contribution >= 4 is 5.71 Å². The molecule has 0 unspecified atom stereocenters. The Bertz CT molecular complexity index is 471. The highest BCUT2D eigenvalue weighted by Gasteiger charge is 2.27. The smallest absolute Gasteiger partial charge is 0.392 e. The zero-order chi connectivity index (χ0) is 13.2. The third-order valence-electron chi connectivity index (χ3n) is 2.40. The number of fused-ring (bicyclic) bond motifs is 1. The molecule has 1 aliphatic heterocycles. The number of alkyl halides is 3. The van der Waals surface area contributed by atoms with Gasteiger partial charge in [0.25, 0.3) is 0 Å². The van der Waals surface area contributed by atoms with E-state index in [2.05, 4.69) is 5.16 Å². The second kappa shape index (κ2) is 4.75. The summed E-state index contributed by atoms with van der Waals surface area (Å²) < 4.78 is 46.0. The number of halogens is 3. The Balaban J connectivity index is 2.01. The topological polar surface area (TPSA) is 51.1 Å². The number of rotatable bonds is 3. The van der Waals surface area contributed by atoms with Crippen molar-refractivity contribution in [3.63, 3.8) is 0 Å². The second-order valence-corrected chi connectivity index (χ2v) is 3.71. The molecule has 0 atom stereocenters. The lowest BCUT2D eigenvalue weighted by molar-refractivity contribution is -0.139. The standard InChI is InChI=1S/C11H10F3NO3/c12-11(13,14)3-4-17-7-1-2-8-9(15-16)6-18-10(8)5-7/h1-2,5,16H,3-4,6H2. The molecule has 1 N–H and O–H groups in total. The Morgan fingerprint density at radius 1 is 1.39 bits per heavy atom. The lowest BCUT2D eigenvalue weighted by Crippen LogP contribution is -2.13. The van der Waals surface area contributed by atoms with E-state index in [0.29, 0.717) is 17.0 Å². The van der Waals surface area contributed by atoms with Crippen LogP contribution in [-0.4, -0.2) is 30.3 Å².